The van der Waals surface area contributed by atoms with Crippen LogP contribution in [0, 0.1) is 6.92 Å². The summed E-state index contributed by atoms with van der Waals surface area (Å²) in [5.41, 5.74) is 13.9. The summed E-state index contributed by atoms with van der Waals surface area (Å²) in [4.78, 5) is 29.5. The van der Waals surface area contributed by atoms with Crippen LogP contribution in [0.15, 0.2) is 24.3 Å². The number of ether oxygens (including phenoxy) is 1. The number of rotatable bonds is 4. The molecule has 4 N–H and O–H groups in total. The molecular weight excluding hydrogens is 374 g/mol. The summed E-state index contributed by atoms with van der Waals surface area (Å²) in [5, 5.41) is 1.07. The van der Waals surface area contributed by atoms with Gasteiger partial charge in [0.1, 0.15) is 9.71 Å². The van der Waals surface area contributed by atoms with Gasteiger partial charge < -0.3 is 16.2 Å². The Morgan fingerprint density at radius 2 is 1.92 bits per heavy atom. The van der Waals surface area contributed by atoms with Crippen molar-refractivity contribution in [2.45, 2.75) is 13.8 Å². The maximum absolute atomic E-state index is 12.6. The van der Waals surface area contributed by atoms with Gasteiger partial charge in [-0.05, 0) is 31.5 Å². The summed E-state index contributed by atoms with van der Waals surface area (Å²) in [5.74, 6) is -1.14. The molecular formula is C18H16ClN3O3S. The number of hydrogen-bond acceptors (Lipinski definition) is 6. The van der Waals surface area contributed by atoms with Crippen LogP contribution in [-0.4, -0.2) is 23.5 Å². The van der Waals surface area contributed by atoms with Crippen molar-refractivity contribution in [2.24, 2.45) is 5.73 Å². The number of pyridine rings is 1. The minimum absolute atomic E-state index is 0.209. The summed E-state index contributed by atoms with van der Waals surface area (Å²) in [6.45, 7) is 3.66. The van der Waals surface area contributed by atoms with Gasteiger partial charge in [0.05, 0.1) is 23.6 Å². The molecule has 0 aliphatic heterocycles. The van der Waals surface area contributed by atoms with Crippen LogP contribution in [0.3, 0.4) is 0 Å². The van der Waals surface area contributed by atoms with Gasteiger partial charge in [-0.3, -0.25) is 4.79 Å². The maximum atomic E-state index is 12.6. The molecule has 0 saturated carbocycles. The largest absolute Gasteiger partial charge is 0.462 e. The lowest BCUT2D eigenvalue weighted by molar-refractivity contribution is 0.0526. The molecule has 2 aromatic heterocycles. The van der Waals surface area contributed by atoms with E-state index in [1.807, 2.05) is 0 Å². The average Bonchev–Trinajstić information content (AvgIpc) is 2.91. The first-order chi connectivity index (χ1) is 12.3. The Kier molecular flexibility index (Phi) is 4.84. The van der Waals surface area contributed by atoms with Crippen molar-refractivity contribution in [3.05, 3.63) is 45.4 Å². The van der Waals surface area contributed by atoms with Crippen LogP contribution in [0.5, 0.6) is 0 Å². The highest BCUT2D eigenvalue weighted by atomic mass is 35.5. The first-order valence-corrected chi connectivity index (χ1v) is 9.00. The third kappa shape index (κ3) is 3.00. The van der Waals surface area contributed by atoms with E-state index < -0.39 is 11.9 Å². The molecule has 3 rings (SSSR count). The van der Waals surface area contributed by atoms with Gasteiger partial charge in [-0.25, -0.2) is 9.78 Å². The first kappa shape index (κ1) is 18.2. The minimum Gasteiger partial charge on any atom is -0.462 e. The number of hydrogen-bond donors (Lipinski definition) is 2. The first-order valence-electron chi connectivity index (χ1n) is 7.80. The standard InChI is InChI=1S/C18H16ClN3O3S/c1-3-25-18(24)11-8(2)22-17-13(14(20)15(26-17)16(21)23)12(11)9-4-6-10(19)7-5-9/h4-7H,3,20H2,1-2H3,(H2,21,23). The highest BCUT2D eigenvalue weighted by Crippen LogP contribution is 2.42. The van der Waals surface area contributed by atoms with Crippen LogP contribution >= 0.6 is 22.9 Å². The number of nitrogens with zero attached hydrogens (tertiary/aromatic N) is 1. The van der Waals surface area contributed by atoms with Gasteiger partial charge >= 0.3 is 5.97 Å². The zero-order valence-electron chi connectivity index (χ0n) is 14.1. The second-order valence-corrected chi connectivity index (χ2v) is 7.00. The predicted molar refractivity (Wildman–Crippen MR) is 104 cm³/mol. The molecule has 8 heteroatoms. The van der Waals surface area contributed by atoms with Gasteiger partial charge in [0.25, 0.3) is 5.91 Å². The summed E-state index contributed by atoms with van der Waals surface area (Å²) in [6.07, 6.45) is 0. The van der Waals surface area contributed by atoms with Crippen LogP contribution in [0.2, 0.25) is 5.02 Å². The number of amides is 1. The number of thiophene rings is 1. The molecule has 0 unspecified atom stereocenters. The number of benzene rings is 1. The van der Waals surface area contributed by atoms with E-state index in [9.17, 15) is 9.59 Å². The van der Waals surface area contributed by atoms with E-state index in [4.69, 9.17) is 27.8 Å². The number of fused-ring (bicyclic) bond motifs is 1. The number of aromatic nitrogens is 1. The van der Waals surface area contributed by atoms with Crippen molar-refractivity contribution >= 4 is 50.7 Å². The van der Waals surface area contributed by atoms with Gasteiger partial charge in [-0.2, -0.15) is 0 Å². The number of anilines is 1. The number of carbonyl (C=O) groups excluding carboxylic acids is 2. The number of primary amides is 1. The van der Waals surface area contributed by atoms with Gasteiger partial charge in [0, 0.05) is 16.0 Å². The lowest BCUT2D eigenvalue weighted by Crippen LogP contribution is -2.12. The second kappa shape index (κ2) is 6.93. The van der Waals surface area contributed by atoms with Crippen LogP contribution in [0.1, 0.15) is 32.6 Å². The number of nitrogen functional groups attached to an aromatic ring is 1. The third-order valence-electron chi connectivity index (χ3n) is 3.89. The summed E-state index contributed by atoms with van der Waals surface area (Å²) in [6, 6.07) is 6.98. The molecule has 2 heterocycles. The van der Waals surface area contributed by atoms with Crippen molar-refractivity contribution < 1.29 is 14.3 Å². The zero-order valence-corrected chi connectivity index (χ0v) is 15.7. The van der Waals surface area contributed by atoms with E-state index in [1.54, 1.807) is 38.1 Å². The highest BCUT2D eigenvalue weighted by Gasteiger charge is 2.26. The summed E-state index contributed by atoms with van der Waals surface area (Å²) >= 11 is 7.09. The van der Waals surface area contributed by atoms with Crippen molar-refractivity contribution in [3.63, 3.8) is 0 Å². The van der Waals surface area contributed by atoms with E-state index in [1.165, 1.54) is 0 Å². The van der Waals surface area contributed by atoms with Crippen molar-refractivity contribution in [3.8, 4) is 11.1 Å². The quantitative estimate of drug-likeness (QED) is 0.660. The number of nitrogens with two attached hydrogens (primary N) is 2. The Balaban J connectivity index is 2.45. The molecule has 0 aliphatic rings. The van der Waals surface area contributed by atoms with Crippen molar-refractivity contribution in [1.82, 2.24) is 4.98 Å². The maximum Gasteiger partial charge on any atom is 0.340 e. The summed E-state index contributed by atoms with van der Waals surface area (Å²) in [7, 11) is 0. The van der Waals surface area contributed by atoms with Crippen LogP contribution in [-0.2, 0) is 4.74 Å². The van der Waals surface area contributed by atoms with E-state index in [0.717, 1.165) is 11.3 Å². The average molecular weight is 390 g/mol. The molecule has 0 atom stereocenters. The second-order valence-electron chi connectivity index (χ2n) is 5.56. The fourth-order valence-electron chi connectivity index (χ4n) is 2.81. The van der Waals surface area contributed by atoms with Crippen LogP contribution < -0.4 is 11.5 Å². The lowest BCUT2D eigenvalue weighted by atomic mass is 9.95. The molecule has 6 nitrogen and oxygen atoms in total. The summed E-state index contributed by atoms with van der Waals surface area (Å²) < 4.78 is 5.20. The number of esters is 1. The van der Waals surface area contributed by atoms with Crippen molar-refractivity contribution in [1.29, 1.82) is 0 Å². The number of carbonyl (C=O) groups is 2. The fraction of sp³-hybridized carbons (Fsp3) is 0.167. The normalized spacial score (nSPS) is 10.9. The Morgan fingerprint density at radius 3 is 2.50 bits per heavy atom. The van der Waals surface area contributed by atoms with E-state index in [-0.39, 0.29) is 17.2 Å². The Hall–Kier alpha value is -2.64. The molecule has 0 bridgehead atoms. The topological polar surface area (TPSA) is 108 Å². The molecule has 0 fully saturated rings. The monoisotopic (exact) mass is 389 g/mol. The molecule has 1 aromatic carbocycles. The van der Waals surface area contributed by atoms with Crippen LogP contribution in [0.25, 0.3) is 21.3 Å². The molecule has 0 radical (unpaired) electrons. The molecule has 26 heavy (non-hydrogen) atoms. The lowest BCUT2D eigenvalue weighted by Gasteiger charge is -2.14. The molecule has 134 valence electrons. The zero-order chi connectivity index (χ0) is 19.0. The molecule has 0 aliphatic carbocycles. The van der Waals surface area contributed by atoms with E-state index >= 15 is 0 Å². The number of aryl methyl sites for hydroxylation is 1. The Labute approximate surface area is 158 Å². The van der Waals surface area contributed by atoms with E-state index in [0.29, 0.717) is 37.6 Å². The van der Waals surface area contributed by atoms with E-state index in [2.05, 4.69) is 4.98 Å². The number of halogens is 1. The molecule has 0 spiro atoms. The smallest absolute Gasteiger partial charge is 0.340 e. The van der Waals surface area contributed by atoms with Crippen LogP contribution in [0.4, 0.5) is 5.69 Å². The molecule has 1 amide bonds. The van der Waals surface area contributed by atoms with Gasteiger partial charge in [0.2, 0.25) is 0 Å². The fourth-order valence-corrected chi connectivity index (χ4v) is 3.94. The predicted octanol–water partition coefficient (Wildman–Crippen LogP) is 3.78. The molecule has 3 aromatic rings. The minimum atomic E-state index is -0.636. The highest BCUT2D eigenvalue weighted by molar-refractivity contribution is 7.21. The van der Waals surface area contributed by atoms with Crippen molar-refractivity contribution in [2.75, 3.05) is 12.3 Å². The SMILES string of the molecule is CCOC(=O)c1c(C)nc2sc(C(N)=O)c(N)c2c1-c1ccc(Cl)cc1. The Bertz CT molecular complexity index is 1030. The van der Waals surface area contributed by atoms with Gasteiger partial charge in [0.15, 0.2) is 0 Å². The Morgan fingerprint density at radius 1 is 1.27 bits per heavy atom. The molecule has 0 saturated heterocycles. The van der Waals surface area contributed by atoms with Gasteiger partial charge in [-0.15, -0.1) is 11.3 Å². The van der Waals surface area contributed by atoms with Gasteiger partial charge in [-0.1, -0.05) is 23.7 Å². The third-order valence-corrected chi connectivity index (χ3v) is 5.26.